The Labute approximate surface area is 120 Å². The number of hydrogen-bond donors (Lipinski definition) is 2. The van der Waals surface area contributed by atoms with Crippen LogP contribution in [-0.2, 0) is 26.4 Å². The highest BCUT2D eigenvalue weighted by atomic mass is 15.3. The van der Waals surface area contributed by atoms with Crippen LogP contribution in [0.5, 0.6) is 0 Å². The Balaban J connectivity index is 1.66. The number of aromatic nitrogens is 2. The van der Waals surface area contributed by atoms with E-state index in [0.29, 0.717) is 18.5 Å². The Hall–Kier alpha value is -1.52. The molecule has 0 amide bonds. The first-order valence-electron chi connectivity index (χ1n) is 7.84. The lowest BCUT2D eigenvalue weighted by atomic mass is 9.96. The van der Waals surface area contributed by atoms with E-state index in [1.54, 1.807) is 0 Å². The van der Waals surface area contributed by atoms with Crippen LogP contribution in [0, 0.1) is 0 Å². The minimum Gasteiger partial charge on any atom is -0.370 e. The van der Waals surface area contributed by atoms with Gasteiger partial charge in [0.2, 0.25) is 0 Å². The van der Waals surface area contributed by atoms with Crippen molar-refractivity contribution < 1.29 is 0 Å². The topological polar surface area (TPSA) is 68.2 Å². The van der Waals surface area contributed by atoms with E-state index in [-0.39, 0.29) is 0 Å². The first-order chi connectivity index (χ1) is 9.74. The molecule has 3 N–H and O–H groups in total. The van der Waals surface area contributed by atoms with E-state index in [9.17, 15) is 0 Å². The van der Waals surface area contributed by atoms with E-state index in [0.717, 1.165) is 12.8 Å². The van der Waals surface area contributed by atoms with Gasteiger partial charge in [-0.25, -0.2) is 4.99 Å². The molecule has 0 unspecified atom stereocenters. The second-order valence-corrected chi connectivity index (χ2v) is 6.03. The standard InChI is InChI=1S/C15H25N5/c1-20-14(12-8-4-5-9-13(12)19-20)10-17-15(16)18-11-6-2-3-7-11/h11H,2-10H2,1H3,(H3,16,17,18). The molecule has 20 heavy (non-hydrogen) atoms. The van der Waals surface area contributed by atoms with Crippen molar-refractivity contribution in [1.29, 1.82) is 0 Å². The first-order valence-corrected chi connectivity index (χ1v) is 7.84. The van der Waals surface area contributed by atoms with Crippen molar-refractivity contribution >= 4 is 5.96 Å². The molecular weight excluding hydrogens is 250 g/mol. The second-order valence-electron chi connectivity index (χ2n) is 6.03. The molecule has 110 valence electrons. The molecule has 2 aliphatic carbocycles. The van der Waals surface area contributed by atoms with Crippen LogP contribution in [0.1, 0.15) is 55.5 Å². The normalized spacial score (nSPS) is 20.1. The van der Waals surface area contributed by atoms with Crippen molar-refractivity contribution in [2.75, 3.05) is 0 Å². The van der Waals surface area contributed by atoms with Gasteiger partial charge in [0.05, 0.1) is 17.9 Å². The van der Waals surface area contributed by atoms with Crippen molar-refractivity contribution in [3.63, 3.8) is 0 Å². The summed E-state index contributed by atoms with van der Waals surface area (Å²) in [4.78, 5) is 4.52. The lowest BCUT2D eigenvalue weighted by Gasteiger charge is -2.13. The van der Waals surface area contributed by atoms with Crippen molar-refractivity contribution in [1.82, 2.24) is 15.1 Å². The fourth-order valence-electron chi connectivity index (χ4n) is 3.43. The Kier molecular flexibility index (Phi) is 3.94. The van der Waals surface area contributed by atoms with E-state index >= 15 is 0 Å². The number of nitrogens with one attached hydrogen (secondary N) is 1. The summed E-state index contributed by atoms with van der Waals surface area (Å²) < 4.78 is 1.99. The molecule has 0 spiro atoms. The van der Waals surface area contributed by atoms with E-state index in [2.05, 4.69) is 15.4 Å². The molecule has 1 aromatic heterocycles. The second kappa shape index (κ2) is 5.85. The summed E-state index contributed by atoms with van der Waals surface area (Å²) in [5.41, 5.74) is 9.92. The van der Waals surface area contributed by atoms with Gasteiger partial charge in [-0.15, -0.1) is 0 Å². The summed E-state index contributed by atoms with van der Waals surface area (Å²) in [6.07, 6.45) is 9.84. The maximum atomic E-state index is 6.01. The van der Waals surface area contributed by atoms with Crippen molar-refractivity contribution in [2.45, 2.75) is 64.0 Å². The van der Waals surface area contributed by atoms with Crippen LogP contribution in [0.3, 0.4) is 0 Å². The zero-order chi connectivity index (χ0) is 13.9. The Morgan fingerprint density at radius 1 is 1.30 bits per heavy atom. The molecule has 0 aliphatic heterocycles. The van der Waals surface area contributed by atoms with E-state index in [1.165, 1.54) is 55.5 Å². The van der Waals surface area contributed by atoms with Crippen LogP contribution in [0.4, 0.5) is 0 Å². The van der Waals surface area contributed by atoms with Crippen molar-refractivity contribution in [2.24, 2.45) is 17.8 Å². The van der Waals surface area contributed by atoms with Gasteiger partial charge < -0.3 is 11.1 Å². The van der Waals surface area contributed by atoms with Gasteiger partial charge in [-0.3, -0.25) is 4.68 Å². The zero-order valence-electron chi connectivity index (χ0n) is 12.4. The van der Waals surface area contributed by atoms with E-state index in [4.69, 9.17) is 5.73 Å². The molecule has 1 saturated carbocycles. The SMILES string of the molecule is Cn1nc2c(c1CN=C(N)NC1CCCC1)CCCC2. The molecule has 1 fully saturated rings. The average molecular weight is 275 g/mol. The Bertz CT molecular complexity index is 497. The molecule has 0 saturated heterocycles. The van der Waals surface area contributed by atoms with Crippen LogP contribution in [0.2, 0.25) is 0 Å². The number of nitrogens with zero attached hydrogens (tertiary/aromatic N) is 3. The number of aryl methyl sites for hydroxylation is 2. The van der Waals surface area contributed by atoms with Crippen molar-refractivity contribution in [3.8, 4) is 0 Å². The quantitative estimate of drug-likeness (QED) is 0.651. The van der Waals surface area contributed by atoms with Gasteiger partial charge in [-0.2, -0.15) is 5.10 Å². The fraction of sp³-hybridized carbons (Fsp3) is 0.733. The lowest BCUT2D eigenvalue weighted by Crippen LogP contribution is -2.38. The number of fused-ring (bicyclic) bond motifs is 1. The third-order valence-corrected chi connectivity index (χ3v) is 4.55. The summed E-state index contributed by atoms with van der Waals surface area (Å²) in [7, 11) is 2.02. The minimum absolute atomic E-state index is 0.527. The van der Waals surface area contributed by atoms with Gasteiger partial charge >= 0.3 is 0 Å². The summed E-state index contributed by atoms with van der Waals surface area (Å²) >= 11 is 0. The minimum atomic E-state index is 0.527. The maximum Gasteiger partial charge on any atom is 0.189 e. The molecule has 0 atom stereocenters. The number of rotatable bonds is 3. The number of guanidine groups is 1. The highest BCUT2D eigenvalue weighted by Gasteiger charge is 2.19. The summed E-state index contributed by atoms with van der Waals surface area (Å²) in [5, 5.41) is 7.96. The third-order valence-electron chi connectivity index (χ3n) is 4.55. The smallest absolute Gasteiger partial charge is 0.189 e. The molecule has 0 radical (unpaired) electrons. The molecule has 1 heterocycles. The number of nitrogens with two attached hydrogens (primary N) is 1. The third kappa shape index (κ3) is 2.81. The first kappa shape index (κ1) is 13.5. The van der Waals surface area contributed by atoms with E-state index in [1.807, 2.05) is 11.7 Å². The van der Waals surface area contributed by atoms with Crippen LogP contribution in [0.25, 0.3) is 0 Å². The Morgan fingerprint density at radius 3 is 2.85 bits per heavy atom. The molecule has 5 nitrogen and oxygen atoms in total. The highest BCUT2D eigenvalue weighted by Crippen LogP contribution is 2.24. The summed E-state index contributed by atoms with van der Waals surface area (Å²) in [6, 6.07) is 0.527. The van der Waals surface area contributed by atoms with Gasteiger partial charge in [0.1, 0.15) is 0 Å². The van der Waals surface area contributed by atoms with Crippen LogP contribution < -0.4 is 11.1 Å². The van der Waals surface area contributed by atoms with Crippen molar-refractivity contribution in [3.05, 3.63) is 17.0 Å². The van der Waals surface area contributed by atoms with Gasteiger partial charge in [0, 0.05) is 13.1 Å². The van der Waals surface area contributed by atoms with Gasteiger partial charge in [-0.05, 0) is 44.1 Å². The van der Waals surface area contributed by atoms with Gasteiger partial charge in [0.25, 0.3) is 0 Å². The predicted octanol–water partition coefficient (Wildman–Crippen LogP) is 1.65. The molecule has 2 aliphatic rings. The van der Waals surface area contributed by atoms with Crippen LogP contribution in [0.15, 0.2) is 4.99 Å². The molecule has 3 rings (SSSR count). The predicted molar refractivity (Wildman–Crippen MR) is 80.6 cm³/mol. The molecule has 1 aromatic rings. The Morgan fingerprint density at radius 2 is 2.05 bits per heavy atom. The van der Waals surface area contributed by atoms with Gasteiger partial charge in [-0.1, -0.05) is 12.8 Å². The average Bonchev–Trinajstić information content (AvgIpc) is 3.03. The number of aliphatic imine (C=N–C) groups is 1. The maximum absolute atomic E-state index is 6.01. The highest BCUT2D eigenvalue weighted by molar-refractivity contribution is 5.78. The zero-order valence-corrected chi connectivity index (χ0v) is 12.4. The van der Waals surface area contributed by atoms with Crippen LogP contribution in [-0.4, -0.2) is 21.8 Å². The van der Waals surface area contributed by atoms with Crippen LogP contribution >= 0.6 is 0 Å². The monoisotopic (exact) mass is 275 g/mol. The molecule has 5 heteroatoms. The summed E-state index contributed by atoms with van der Waals surface area (Å²) in [5.74, 6) is 0.586. The van der Waals surface area contributed by atoms with E-state index < -0.39 is 0 Å². The molecule has 0 aromatic carbocycles. The number of hydrogen-bond acceptors (Lipinski definition) is 2. The fourth-order valence-corrected chi connectivity index (χ4v) is 3.43. The lowest BCUT2D eigenvalue weighted by molar-refractivity contribution is 0.623. The molecule has 0 bridgehead atoms. The molecular formula is C15H25N5. The summed E-state index contributed by atoms with van der Waals surface area (Å²) in [6.45, 7) is 0.643. The largest absolute Gasteiger partial charge is 0.370 e. The van der Waals surface area contributed by atoms with Gasteiger partial charge in [0.15, 0.2) is 5.96 Å².